The van der Waals surface area contributed by atoms with Crippen LogP contribution in [-0.4, -0.2) is 0 Å². The maximum Gasteiger partial charge on any atom is 0.0905 e. The molecule has 0 heterocycles. The van der Waals surface area contributed by atoms with E-state index in [1.807, 2.05) is 6.08 Å². The van der Waals surface area contributed by atoms with Crippen LogP contribution in [0.1, 0.15) is 11.1 Å². The number of allylic oxidation sites excluding steroid dienone is 3. The Morgan fingerprint density at radius 2 is 1.41 bits per heavy atom. The molecule has 0 aromatic heterocycles. The Kier molecular flexibility index (Phi) is 13.7. The van der Waals surface area contributed by atoms with Gasteiger partial charge < -0.3 is 0 Å². The Morgan fingerprint density at radius 1 is 1.00 bits per heavy atom. The molecule has 0 spiro atoms. The van der Waals surface area contributed by atoms with Crippen molar-refractivity contribution in [2.24, 2.45) is 0 Å². The third kappa shape index (κ3) is 13.7. The molecule has 0 fully saturated rings. The number of nitrogens with zero attached hydrogens (tertiary/aromatic N) is 1. The maximum atomic E-state index is 7.51. The van der Waals surface area contributed by atoms with Gasteiger partial charge in [-0.25, -0.2) is 0 Å². The average Bonchev–Trinajstić information content (AvgIpc) is 2.40. The zero-order valence-electron chi connectivity index (χ0n) is 10.4. The predicted octanol–water partition coefficient (Wildman–Crippen LogP) is 4.69. The fourth-order valence-electron chi connectivity index (χ4n) is 0.703. The normalized spacial score (nSPS) is 6.82. The smallest absolute Gasteiger partial charge is 0.0905 e. The Hall–Kier alpha value is -2.33. The highest BCUT2D eigenvalue weighted by Gasteiger charge is 1.82. The second-order valence-electron chi connectivity index (χ2n) is 2.92. The van der Waals surface area contributed by atoms with E-state index in [-0.39, 0.29) is 0 Å². The number of benzene rings is 1. The summed E-state index contributed by atoms with van der Waals surface area (Å²) in [4.78, 5) is 0. The molecule has 1 aromatic rings. The summed E-state index contributed by atoms with van der Waals surface area (Å²) in [5.41, 5.74) is 2.47. The number of aryl methyl sites for hydroxylation is 1. The first-order valence-corrected chi connectivity index (χ1v) is 5.09. The van der Waals surface area contributed by atoms with E-state index in [4.69, 9.17) is 5.26 Å². The van der Waals surface area contributed by atoms with E-state index in [9.17, 15) is 0 Å². The van der Waals surface area contributed by atoms with Crippen LogP contribution < -0.4 is 0 Å². The zero-order chi connectivity index (χ0) is 13.5. The molecule has 0 amide bonds. The molecule has 0 unspecified atom stereocenters. The van der Waals surface area contributed by atoms with Crippen molar-refractivity contribution in [3.8, 4) is 6.07 Å². The van der Waals surface area contributed by atoms with Crippen LogP contribution in [0.2, 0.25) is 0 Å². The van der Waals surface area contributed by atoms with Gasteiger partial charge in [-0.15, -0.1) is 0 Å². The van der Waals surface area contributed by atoms with Gasteiger partial charge in [-0.1, -0.05) is 74.4 Å². The summed E-state index contributed by atoms with van der Waals surface area (Å²) in [5, 5.41) is 7.51. The summed E-state index contributed by atoms with van der Waals surface area (Å²) in [5.74, 6) is 0. The Labute approximate surface area is 105 Å². The van der Waals surface area contributed by atoms with Crippen molar-refractivity contribution in [2.45, 2.75) is 6.92 Å². The van der Waals surface area contributed by atoms with Gasteiger partial charge in [0, 0.05) is 6.08 Å². The van der Waals surface area contributed by atoms with Gasteiger partial charge >= 0.3 is 0 Å². The van der Waals surface area contributed by atoms with Crippen molar-refractivity contribution in [1.29, 1.82) is 5.26 Å². The molecule has 0 aliphatic carbocycles. The Bertz CT molecular complexity index is 371. The van der Waals surface area contributed by atoms with Gasteiger partial charge in [0.25, 0.3) is 0 Å². The van der Waals surface area contributed by atoms with E-state index in [2.05, 4.69) is 57.5 Å². The molecule has 0 atom stereocenters. The molecule has 1 rings (SSSR count). The molecule has 0 aliphatic heterocycles. The van der Waals surface area contributed by atoms with Gasteiger partial charge in [0.05, 0.1) is 6.07 Å². The molecule has 0 N–H and O–H groups in total. The fraction of sp³-hybridized carbons (Fsp3) is 0.0625. The quantitative estimate of drug-likeness (QED) is 0.529. The third-order valence-electron chi connectivity index (χ3n) is 1.57. The monoisotopic (exact) mass is 225 g/mol. The van der Waals surface area contributed by atoms with Crippen LogP contribution in [0.3, 0.4) is 0 Å². The van der Waals surface area contributed by atoms with E-state index in [0.29, 0.717) is 0 Å². The number of hydrogen-bond acceptors (Lipinski definition) is 1. The lowest BCUT2D eigenvalue weighted by Crippen LogP contribution is -1.71. The Balaban J connectivity index is 0. The van der Waals surface area contributed by atoms with Crippen molar-refractivity contribution in [3.05, 3.63) is 79.9 Å². The molecule has 0 aliphatic rings. The largest absolute Gasteiger partial charge is 0.193 e. The molecule has 1 heteroatoms. The summed E-state index contributed by atoms with van der Waals surface area (Å²) in [6, 6.07) is 9.97. The fourth-order valence-corrected chi connectivity index (χ4v) is 0.703. The molecule has 1 aromatic carbocycles. The topological polar surface area (TPSA) is 23.8 Å². The zero-order valence-corrected chi connectivity index (χ0v) is 10.4. The first kappa shape index (κ1) is 17.1. The van der Waals surface area contributed by atoms with Crippen LogP contribution in [0.25, 0.3) is 6.08 Å². The van der Waals surface area contributed by atoms with Crippen LogP contribution in [-0.2, 0) is 0 Å². The van der Waals surface area contributed by atoms with Crippen molar-refractivity contribution in [2.75, 3.05) is 0 Å². The molecule has 1 nitrogen and oxygen atoms in total. The minimum atomic E-state index is 1.18. The van der Waals surface area contributed by atoms with Gasteiger partial charge in [-0.05, 0) is 12.5 Å². The van der Waals surface area contributed by atoms with Crippen molar-refractivity contribution in [3.63, 3.8) is 0 Å². The minimum Gasteiger partial charge on any atom is -0.193 e. The predicted molar refractivity (Wildman–Crippen MR) is 77.5 cm³/mol. The lowest BCUT2D eigenvalue weighted by atomic mass is 10.2. The molecule has 0 radical (unpaired) electrons. The van der Waals surface area contributed by atoms with E-state index in [0.717, 1.165) is 0 Å². The lowest BCUT2D eigenvalue weighted by Gasteiger charge is -1.91. The van der Waals surface area contributed by atoms with Crippen molar-refractivity contribution in [1.82, 2.24) is 0 Å². The highest BCUT2D eigenvalue weighted by Crippen LogP contribution is 2.02. The highest BCUT2D eigenvalue weighted by atomic mass is 14.2. The number of nitriles is 1. The molecule has 0 bridgehead atoms. The second-order valence-corrected chi connectivity index (χ2v) is 2.92. The number of rotatable bonds is 2. The van der Waals surface area contributed by atoms with E-state index < -0.39 is 0 Å². The van der Waals surface area contributed by atoms with Crippen LogP contribution in [0.4, 0.5) is 0 Å². The van der Waals surface area contributed by atoms with Gasteiger partial charge in [0.2, 0.25) is 0 Å². The number of hydrogen-bond donors (Lipinski definition) is 0. The lowest BCUT2D eigenvalue weighted by molar-refractivity contribution is 1.46. The highest BCUT2D eigenvalue weighted by molar-refractivity contribution is 5.46. The van der Waals surface area contributed by atoms with Crippen LogP contribution in [0, 0.1) is 18.3 Å². The summed E-state index contributed by atoms with van der Waals surface area (Å²) in [6.07, 6.45) is 6.31. The van der Waals surface area contributed by atoms with E-state index >= 15 is 0 Å². The second kappa shape index (κ2) is 13.7. The summed E-state index contributed by atoms with van der Waals surface area (Å²) in [6.45, 7) is 15.6. The molecule has 0 saturated carbocycles. The van der Waals surface area contributed by atoms with E-state index in [1.54, 1.807) is 18.2 Å². The van der Waals surface area contributed by atoms with Crippen LogP contribution in [0.15, 0.2) is 68.8 Å². The van der Waals surface area contributed by atoms with Gasteiger partial charge in [0.1, 0.15) is 0 Å². The van der Waals surface area contributed by atoms with Crippen LogP contribution in [0.5, 0.6) is 0 Å². The van der Waals surface area contributed by atoms with Gasteiger partial charge in [0.15, 0.2) is 0 Å². The Morgan fingerprint density at radius 3 is 1.65 bits per heavy atom. The third-order valence-corrected chi connectivity index (χ3v) is 1.57. The first-order chi connectivity index (χ1) is 8.15. The summed E-state index contributed by atoms with van der Waals surface area (Å²) < 4.78 is 0. The minimum absolute atomic E-state index is 1.18. The van der Waals surface area contributed by atoms with Gasteiger partial charge in [-0.2, -0.15) is 5.26 Å². The molecule has 0 saturated heterocycles. The molecular weight excluding hydrogens is 206 g/mol. The average molecular weight is 225 g/mol. The molecule has 88 valence electrons. The molecule has 17 heavy (non-hydrogen) atoms. The summed E-state index contributed by atoms with van der Waals surface area (Å²) >= 11 is 0. The molecular formula is C16H19N. The van der Waals surface area contributed by atoms with Gasteiger partial charge in [-0.3, -0.25) is 0 Å². The first-order valence-electron chi connectivity index (χ1n) is 5.09. The summed E-state index contributed by atoms with van der Waals surface area (Å²) in [7, 11) is 0. The van der Waals surface area contributed by atoms with Crippen molar-refractivity contribution >= 4 is 6.08 Å². The SMILES string of the molecule is C=CC#N.C=CC=C.C=Cc1ccc(C)cc1. The van der Waals surface area contributed by atoms with E-state index in [1.165, 1.54) is 17.2 Å². The maximum absolute atomic E-state index is 7.51. The van der Waals surface area contributed by atoms with Crippen molar-refractivity contribution < 1.29 is 0 Å². The standard InChI is InChI=1S/C9H10.C4H6.C3H3N/c1-3-9-6-4-8(2)5-7-9;1-3-4-2;1-2-3-4/h3-7H,1H2,2H3;3-4H,1-2H2;2H,1H2. The van der Waals surface area contributed by atoms with Crippen LogP contribution >= 0.6 is 0 Å².